The maximum absolute atomic E-state index is 12.7. The molecule has 148 valence electrons. The number of nitrogens with two attached hydrogens (primary N) is 1. The average Bonchev–Trinajstić information content (AvgIpc) is 3.04. The first-order chi connectivity index (χ1) is 13.5. The van der Waals surface area contributed by atoms with Crippen molar-refractivity contribution in [1.29, 1.82) is 0 Å². The van der Waals surface area contributed by atoms with Crippen molar-refractivity contribution in [3.8, 4) is 5.75 Å². The smallest absolute Gasteiger partial charge is 0.260 e. The summed E-state index contributed by atoms with van der Waals surface area (Å²) >= 11 is 1.71. The first-order valence-corrected chi connectivity index (χ1v) is 10.9. The van der Waals surface area contributed by atoms with E-state index in [-0.39, 0.29) is 11.6 Å². The molecule has 0 saturated carbocycles. The fourth-order valence-electron chi connectivity index (χ4n) is 3.82. The molecule has 6 heteroatoms. The number of thiophene rings is 1. The number of aryl methyl sites for hydroxylation is 2. The van der Waals surface area contributed by atoms with Crippen LogP contribution in [0.2, 0.25) is 0 Å². The van der Waals surface area contributed by atoms with Crippen LogP contribution >= 0.6 is 11.3 Å². The van der Waals surface area contributed by atoms with Gasteiger partial charge in [-0.25, -0.2) is 4.98 Å². The molecule has 0 saturated heterocycles. The molecule has 0 bridgehead atoms. The number of aromatic amines is 1. The van der Waals surface area contributed by atoms with Crippen molar-refractivity contribution in [2.24, 2.45) is 5.92 Å². The Hall–Kier alpha value is -2.18. The fourth-order valence-corrected chi connectivity index (χ4v) is 5.21. The summed E-state index contributed by atoms with van der Waals surface area (Å²) in [6, 6.07) is 8.16. The molecule has 0 unspecified atom stereocenters. The predicted molar refractivity (Wildman–Crippen MR) is 113 cm³/mol. The standard InChI is InChI=1S/C22H27N3O2S/c1-13-4-7-16(8-5-13)27-11-10-23-15(3)20-24-21(26)19-17-9-6-14(2)12-18(17)28-22(19)25-20/h4-5,7-8,14-15,23H,6,9-12H2,1-3H3,(H,24,25,26)/p+1/t14-,15+/m0/s1. The van der Waals surface area contributed by atoms with Gasteiger partial charge in [-0.15, -0.1) is 11.3 Å². The zero-order chi connectivity index (χ0) is 19.7. The second-order valence-corrected chi connectivity index (χ2v) is 9.04. The summed E-state index contributed by atoms with van der Waals surface area (Å²) in [4.78, 5) is 22.8. The first-order valence-electron chi connectivity index (χ1n) is 10.1. The molecular weight excluding hydrogens is 370 g/mol. The molecule has 28 heavy (non-hydrogen) atoms. The van der Waals surface area contributed by atoms with Gasteiger partial charge >= 0.3 is 0 Å². The van der Waals surface area contributed by atoms with E-state index in [0.29, 0.717) is 12.5 Å². The van der Waals surface area contributed by atoms with Crippen molar-refractivity contribution in [2.45, 2.75) is 46.1 Å². The molecule has 0 spiro atoms. The number of aromatic nitrogens is 2. The third-order valence-electron chi connectivity index (χ3n) is 5.54. The molecule has 0 radical (unpaired) electrons. The highest BCUT2D eigenvalue weighted by molar-refractivity contribution is 7.18. The summed E-state index contributed by atoms with van der Waals surface area (Å²) in [7, 11) is 0. The van der Waals surface area contributed by atoms with E-state index < -0.39 is 0 Å². The van der Waals surface area contributed by atoms with Gasteiger partial charge in [0.1, 0.15) is 29.8 Å². The van der Waals surface area contributed by atoms with Gasteiger partial charge in [-0.3, -0.25) is 4.79 Å². The summed E-state index contributed by atoms with van der Waals surface area (Å²) in [6.07, 6.45) is 3.23. The Morgan fingerprint density at radius 1 is 1.36 bits per heavy atom. The van der Waals surface area contributed by atoms with Crippen LogP contribution in [0.3, 0.4) is 0 Å². The van der Waals surface area contributed by atoms with Crippen molar-refractivity contribution >= 4 is 21.6 Å². The minimum atomic E-state index is 0.0169. The van der Waals surface area contributed by atoms with E-state index in [1.807, 2.05) is 24.3 Å². The van der Waals surface area contributed by atoms with Crippen LogP contribution in [-0.4, -0.2) is 23.1 Å². The first kappa shape index (κ1) is 19.2. The molecule has 0 aliphatic heterocycles. The van der Waals surface area contributed by atoms with E-state index in [2.05, 4.69) is 31.1 Å². The number of nitrogens with one attached hydrogen (secondary N) is 1. The Labute approximate surface area is 169 Å². The summed E-state index contributed by atoms with van der Waals surface area (Å²) in [5.41, 5.74) is 2.48. The van der Waals surface area contributed by atoms with Crippen molar-refractivity contribution in [3.63, 3.8) is 0 Å². The van der Waals surface area contributed by atoms with Gasteiger partial charge in [-0.05, 0) is 56.7 Å². The maximum Gasteiger partial charge on any atom is 0.260 e. The van der Waals surface area contributed by atoms with E-state index in [9.17, 15) is 4.79 Å². The van der Waals surface area contributed by atoms with Crippen LogP contribution in [0.5, 0.6) is 5.75 Å². The number of H-pyrrole nitrogens is 1. The summed E-state index contributed by atoms with van der Waals surface area (Å²) < 4.78 is 5.78. The number of quaternary nitrogens is 1. The van der Waals surface area contributed by atoms with Gasteiger partial charge in [-0.1, -0.05) is 24.6 Å². The van der Waals surface area contributed by atoms with Gasteiger partial charge in [0, 0.05) is 4.88 Å². The molecule has 2 heterocycles. The summed E-state index contributed by atoms with van der Waals surface area (Å²) in [5.74, 6) is 2.33. The Morgan fingerprint density at radius 3 is 2.93 bits per heavy atom. The number of ether oxygens (including phenoxy) is 1. The van der Waals surface area contributed by atoms with E-state index >= 15 is 0 Å². The van der Waals surface area contributed by atoms with Gasteiger partial charge in [0.2, 0.25) is 0 Å². The molecule has 3 aromatic rings. The molecule has 2 atom stereocenters. The SMILES string of the molecule is Cc1ccc(OCC[NH2+][C@H](C)c2nc3sc4c(c3c(=O)[nH]2)CC[C@H](C)C4)cc1. The average molecular weight is 399 g/mol. The van der Waals surface area contributed by atoms with Crippen LogP contribution in [0, 0.1) is 12.8 Å². The Bertz CT molecular complexity index is 1020. The second-order valence-electron chi connectivity index (χ2n) is 7.96. The van der Waals surface area contributed by atoms with Crippen LogP contribution in [0.1, 0.15) is 48.1 Å². The molecule has 3 N–H and O–H groups in total. The molecule has 0 fully saturated rings. The topological polar surface area (TPSA) is 71.6 Å². The lowest BCUT2D eigenvalue weighted by atomic mass is 9.89. The predicted octanol–water partition coefficient (Wildman–Crippen LogP) is 3.12. The van der Waals surface area contributed by atoms with E-state index in [1.165, 1.54) is 16.0 Å². The van der Waals surface area contributed by atoms with Crippen molar-refractivity contribution in [3.05, 3.63) is 56.4 Å². The molecule has 0 amide bonds. The van der Waals surface area contributed by atoms with Gasteiger partial charge in [0.05, 0.1) is 5.39 Å². The number of fused-ring (bicyclic) bond motifs is 3. The monoisotopic (exact) mass is 398 g/mol. The highest BCUT2D eigenvalue weighted by atomic mass is 32.1. The zero-order valence-corrected chi connectivity index (χ0v) is 17.6. The third-order valence-corrected chi connectivity index (χ3v) is 6.69. The number of rotatable bonds is 6. The number of hydrogen-bond acceptors (Lipinski definition) is 4. The largest absolute Gasteiger partial charge is 0.488 e. The van der Waals surface area contributed by atoms with Crippen LogP contribution in [0.4, 0.5) is 0 Å². The van der Waals surface area contributed by atoms with Gasteiger partial charge < -0.3 is 15.0 Å². The Kier molecular flexibility index (Phi) is 5.51. The molecule has 5 nitrogen and oxygen atoms in total. The fraction of sp³-hybridized carbons (Fsp3) is 0.455. The Morgan fingerprint density at radius 2 is 2.14 bits per heavy atom. The lowest BCUT2D eigenvalue weighted by molar-refractivity contribution is -0.694. The van der Waals surface area contributed by atoms with Crippen LogP contribution in [0.15, 0.2) is 29.1 Å². The number of hydrogen-bond donors (Lipinski definition) is 2. The molecule has 4 rings (SSSR count). The van der Waals surface area contributed by atoms with Crippen LogP contribution < -0.4 is 15.6 Å². The molecule has 1 aromatic carbocycles. The quantitative estimate of drug-likeness (QED) is 0.627. The normalized spacial score (nSPS) is 17.5. The van der Waals surface area contributed by atoms with Crippen LogP contribution in [0.25, 0.3) is 10.2 Å². The van der Waals surface area contributed by atoms with Gasteiger partial charge in [0.25, 0.3) is 5.56 Å². The van der Waals surface area contributed by atoms with Crippen molar-refractivity contribution in [2.75, 3.05) is 13.2 Å². The Balaban J connectivity index is 1.42. The molecule has 1 aliphatic rings. The lowest BCUT2D eigenvalue weighted by Crippen LogP contribution is -2.86. The molecule has 2 aromatic heterocycles. The molecule has 1 aliphatic carbocycles. The number of nitrogens with zero attached hydrogens (tertiary/aromatic N) is 1. The maximum atomic E-state index is 12.7. The van der Waals surface area contributed by atoms with E-state index in [0.717, 1.165) is 47.6 Å². The van der Waals surface area contributed by atoms with Crippen LogP contribution in [-0.2, 0) is 12.8 Å². The van der Waals surface area contributed by atoms with E-state index in [4.69, 9.17) is 9.72 Å². The van der Waals surface area contributed by atoms with Crippen molar-refractivity contribution in [1.82, 2.24) is 9.97 Å². The van der Waals surface area contributed by atoms with Gasteiger partial charge in [-0.2, -0.15) is 0 Å². The third kappa shape index (κ3) is 3.98. The lowest BCUT2D eigenvalue weighted by Gasteiger charge is -2.17. The highest BCUT2D eigenvalue weighted by Gasteiger charge is 2.24. The number of benzene rings is 1. The summed E-state index contributed by atoms with van der Waals surface area (Å²) in [6.45, 7) is 7.84. The van der Waals surface area contributed by atoms with Crippen molar-refractivity contribution < 1.29 is 10.1 Å². The van der Waals surface area contributed by atoms with Gasteiger partial charge in [0.15, 0.2) is 5.82 Å². The highest BCUT2D eigenvalue weighted by Crippen LogP contribution is 2.35. The second kappa shape index (κ2) is 8.05. The molecular formula is C22H28N3O2S+. The minimum absolute atomic E-state index is 0.0169. The minimum Gasteiger partial charge on any atom is -0.488 e. The zero-order valence-electron chi connectivity index (χ0n) is 16.7. The van der Waals surface area contributed by atoms with E-state index in [1.54, 1.807) is 11.3 Å². The summed E-state index contributed by atoms with van der Waals surface area (Å²) in [5, 5.41) is 2.99.